The summed E-state index contributed by atoms with van der Waals surface area (Å²) in [6.45, 7) is 3.69. The van der Waals surface area contributed by atoms with E-state index in [0.29, 0.717) is 11.6 Å². The van der Waals surface area contributed by atoms with Crippen molar-refractivity contribution in [3.63, 3.8) is 0 Å². The zero-order valence-corrected chi connectivity index (χ0v) is 10.8. The molecule has 0 amide bonds. The second-order valence-electron chi connectivity index (χ2n) is 5.11. The van der Waals surface area contributed by atoms with Gasteiger partial charge in [0, 0.05) is 25.7 Å². The normalized spacial score (nSPS) is 19.0. The minimum Gasteiger partial charge on any atom is -0.396 e. The van der Waals surface area contributed by atoms with Crippen molar-refractivity contribution < 1.29 is 9.50 Å². The standard InChI is InChI=1S/C14H21FN2O/c1-10(16)12-2-3-14(13(15)8-12)17-6-4-11(9-18)5-7-17/h2-3,8,10-11,18H,4-7,9,16H2,1H3. The molecule has 4 heteroatoms. The largest absolute Gasteiger partial charge is 0.396 e. The summed E-state index contributed by atoms with van der Waals surface area (Å²) in [6.07, 6.45) is 1.84. The van der Waals surface area contributed by atoms with E-state index in [-0.39, 0.29) is 18.5 Å². The van der Waals surface area contributed by atoms with Gasteiger partial charge in [-0.25, -0.2) is 4.39 Å². The van der Waals surface area contributed by atoms with Crippen molar-refractivity contribution >= 4 is 5.69 Å². The zero-order valence-electron chi connectivity index (χ0n) is 10.8. The van der Waals surface area contributed by atoms with E-state index in [1.165, 1.54) is 6.07 Å². The van der Waals surface area contributed by atoms with E-state index < -0.39 is 0 Å². The van der Waals surface area contributed by atoms with Gasteiger partial charge >= 0.3 is 0 Å². The summed E-state index contributed by atoms with van der Waals surface area (Å²) in [7, 11) is 0. The second kappa shape index (κ2) is 5.67. The SMILES string of the molecule is CC(N)c1ccc(N2CCC(CO)CC2)c(F)c1. The minimum atomic E-state index is -0.202. The number of rotatable bonds is 3. The maximum absolute atomic E-state index is 14.0. The summed E-state index contributed by atoms with van der Waals surface area (Å²) >= 11 is 0. The van der Waals surface area contributed by atoms with Crippen molar-refractivity contribution in [2.45, 2.75) is 25.8 Å². The number of benzene rings is 1. The molecule has 0 spiro atoms. The van der Waals surface area contributed by atoms with E-state index in [1.54, 1.807) is 0 Å². The molecule has 0 bridgehead atoms. The molecule has 100 valence electrons. The Morgan fingerprint density at radius 1 is 1.44 bits per heavy atom. The van der Waals surface area contributed by atoms with Gasteiger partial charge in [-0.3, -0.25) is 0 Å². The van der Waals surface area contributed by atoms with Gasteiger partial charge in [0.05, 0.1) is 5.69 Å². The van der Waals surface area contributed by atoms with Crippen LogP contribution in [0.2, 0.25) is 0 Å². The van der Waals surface area contributed by atoms with Crippen LogP contribution in [0.5, 0.6) is 0 Å². The minimum absolute atomic E-state index is 0.145. The van der Waals surface area contributed by atoms with Gasteiger partial charge < -0.3 is 15.7 Å². The van der Waals surface area contributed by atoms with Crippen LogP contribution in [0.3, 0.4) is 0 Å². The summed E-state index contributed by atoms with van der Waals surface area (Å²) in [6, 6.07) is 5.08. The summed E-state index contributed by atoms with van der Waals surface area (Å²) in [4.78, 5) is 2.05. The lowest BCUT2D eigenvalue weighted by Gasteiger charge is -2.33. The average Bonchev–Trinajstić information content (AvgIpc) is 2.38. The number of nitrogens with zero attached hydrogens (tertiary/aromatic N) is 1. The predicted octanol–water partition coefficient (Wildman–Crippen LogP) is 2.05. The number of nitrogens with two attached hydrogens (primary N) is 1. The van der Waals surface area contributed by atoms with Crippen LogP contribution in [0.25, 0.3) is 0 Å². The number of aliphatic hydroxyl groups excluding tert-OH is 1. The maximum Gasteiger partial charge on any atom is 0.146 e. The molecule has 0 aliphatic carbocycles. The van der Waals surface area contributed by atoms with Gasteiger partial charge in [-0.2, -0.15) is 0 Å². The summed E-state index contributed by atoms with van der Waals surface area (Å²) < 4.78 is 14.0. The highest BCUT2D eigenvalue weighted by Crippen LogP contribution is 2.27. The quantitative estimate of drug-likeness (QED) is 0.865. The molecular weight excluding hydrogens is 231 g/mol. The summed E-state index contributed by atoms with van der Waals surface area (Å²) in [5, 5.41) is 9.09. The Morgan fingerprint density at radius 3 is 2.61 bits per heavy atom. The van der Waals surface area contributed by atoms with Gasteiger partial charge in [-0.1, -0.05) is 6.07 Å². The number of aliphatic hydroxyl groups is 1. The zero-order chi connectivity index (χ0) is 13.1. The first-order valence-corrected chi connectivity index (χ1v) is 6.52. The Hall–Kier alpha value is -1.13. The van der Waals surface area contributed by atoms with E-state index in [2.05, 4.69) is 0 Å². The van der Waals surface area contributed by atoms with Gasteiger partial charge in [-0.05, 0) is 43.4 Å². The highest BCUT2D eigenvalue weighted by atomic mass is 19.1. The number of piperidine rings is 1. The van der Waals surface area contributed by atoms with Crippen LogP contribution in [0, 0.1) is 11.7 Å². The number of hydrogen-bond donors (Lipinski definition) is 2. The van der Waals surface area contributed by atoms with E-state index in [4.69, 9.17) is 10.8 Å². The number of anilines is 1. The first-order valence-electron chi connectivity index (χ1n) is 6.52. The Balaban J connectivity index is 2.10. The van der Waals surface area contributed by atoms with Crippen molar-refractivity contribution in [2.75, 3.05) is 24.6 Å². The van der Waals surface area contributed by atoms with E-state index >= 15 is 0 Å². The number of halogens is 1. The monoisotopic (exact) mass is 252 g/mol. The molecule has 1 unspecified atom stereocenters. The highest BCUT2D eigenvalue weighted by Gasteiger charge is 2.20. The lowest BCUT2D eigenvalue weighted by atomic mass is 9.97. The lowest BCUT2D eigenvalue weighted by Crippen LogP contribution is -2.35. The predicted molar refractivity (Wildman–Crippen MR) is 71.0 cm³/mol. The Labute approximate surface area is 107 Å². The Bertz CT molecular complexity index is 401. The first kappa shape index (κ1) is 13.3. The van der Waals surface area contributed by atoms with Crippen LogP contribution in [0.15, 0.2) is 18.2 Å². The van der Waals surface area contributed by atoms with Crippen LogP contribution in [-0.4, -0.2) is 24.8 Å². The molecule has 1 atom stereocenters. The van der Waals surface area contributed by atoms with Crippen LogP contribution in [0.1, 0.15) is 31.4 Å². The summed E-state index contributed by atoms with van der Waals surface area (Å²) in [5.74, 6) is 0.167. The van der Waals surface area contributed by atoms with Crippen molar-refractivity contribution in [3.8, 4) is 0 Å². The Kier molecular flexibility index (Phi) is 4.19. The van der Waals surface area contributed by atoms with E-state index in [1.807, 2.05) is 24.0 Å². The first-order chi connectivity index (χ1) is 8.61. The summed E-state index contributed by atoms with van der Waals surface area (Å²) in [5.41, 5.74) is 7.21. The molecule has 18 heavy (non-hydrogen) atoms. The average molecular weight is 252 g/mol. The molecule has 3 nitrogen and oxygen atoms in total. The van der Waals surface area contributed by atoms with Gasteiger partial charge in [0.25, 0.3) is 0 Å². The molecule has 1 saturated heterocycles. The molecule has 0 aromatic heterocycles. The van der Waals surface area contributed by atoms with Crippen molar-refractivity contribution in [3.05, 3.63) is 29.6 Å². The van der Waals surface area contributed by atoms with Crippen LogP contribution in [-0.2, 0) is 0 Å². The molecule has 2 rings (SSSR count). The topological polar surface area (TPSA) is 49.5 Å². The number of hydrogen-bond acceptors (Lipinski definition) is 3. The fourth-order valence-corrected chi connectivity index (χ4v) is 2.42. The third kappa shape index (κ3) is 2.82. The maximum atomic E-state index is 14.0. The van der Waals surface area contributed by atoms with Crippen LogP contribution < -0.4 is 10.6 Å². The van der Waals surface area contributed by atoms with Crippen LogP contribution in [0.4, 0.5) is 10.1 Å². The fraction of sp³-hybridized carbons (Fsp3) is 0.571. The van der Waals surface area contributed by atoms with Gasteiger partial charge in [0.15, 0.2) is 0 Å². The molecule has 1 aromatic carbocycles. The van der Waals surface area contributed by atoms with Crippen molar-refractivity contribution in [1.82, 2.24) is 0 Å². The Morgan fingerprint density at radius 2 is 2.11 bits per heavy atom. The molecular formula is C14H21FN2O. The van der Waals surface area contributed by atoms with E-state index in [0.717, 1.165) is 31.5 Å². The van der Waals surface area contributed by atoms with Crippen molar-refractivity contribution in [1.29, 1.82) is 0 Å². The molecule has 1 aromatic rings. The van der Waals surface area contributed by atoms with Gasteiger partial charge in [0.1, 0.15) is 5.82 Å². The fourth-order valence-electron chi connectivity index (χ4n) is 2.42. The molecule has 1 aliphatic rings. The highest BCUT2D eigenvalue weighted by molar-refractivity contribution is 5.49. The van der Waals surface area contributed by atoms with Crippen LogP contribution >= 0.6 is 0 Å². The van der Waals surface area contributed by atoms with Gasteiger partial charge in [-0.15, -0.1) is 0 Å². The lowest BCUT2D eigenvalue weighted by molar-refractivity contribution is 0.203. The third-order valence-corrected chi connectivity index (χ3v) is 3.71. The molecule has 1 heterocycles. The second-order valence-corrected chi connectivity index (χ2v) is 5.11. The van der Waals surface area contributed by atoms with Gasteiger partial charge in [0.2, 0.25) is 0 Å². The molecule has 0 saturated carbocycles. The smallest absolute Gasteiger partial charge is 0.146 e. The van der Waals surface area contributed by atoms with Crippen molar-refractivity contribution in [2.24, 2.45) is 11.7 Å². The third-order valence-electron chi connectivity index (χ3n) is 3.71. The van der Waals surface area contributed by atoms with E-state index in [9.17, 15) is 4.39 Å². The molecule has 1 aliphatic heterocycles. The molecule has 1 fully saturated rings. The molecule has 0 radical (unpaired) electrons. The molecule has 3 N–H and O–H groups in total.